The van der Waals surface area contributed by atoms with Crippen LogP contribution in [0.2, 0.25) is 0 Å². The van der Waals surface area contributed by atoms with Crippen LogP contribution in [0.4, 0.5) is 0 Å². The first-order valence-corrected chi connectivity index (χ1v) is 7.00. The Morgan fingerprint density at radius 2 is 1.79 bits per heavy atom. The van der Waals surface area contributed by atoms with Gasteiger partial charge in [0.25, 0.3) is 0 Å². The largest absolute Gasteiger partial charge is 0.463 e. The maximum absolute atomic E-state index is 11.3. The molecule has 2 nitrogen and oxygen atoms in total. The summed E-state index contributed by atoms with van der Waals surface area (Å²) in [5, 5.41) is 0. The van der Waals surface area contributed by atoms with Crippen molar-refractivity contribution in [3.8, 4) is 0 Å². The van der Waals surface area contributed by atoms with Crippen LogP contribution in [0.5, 0.6) is 0 Å². The molecule has 0 N–H and O–H groups in total. The maximum Gasteiger partial charge on any atom is 0.330 e. The molecule has 0 aliphatic heterocycles. The van der Waals surface area contributed by atoms with Gasteiger partial charge in [0.15, 0.2) is 0 Å². The van der Waals surface area contributed by atoms with Crippen molar-refractivity contribution in [2.45, 2.75) is 54.4 Å². The molecule has 19 heavy (non-hydrogen) atoms. The number of esters is 1. The Hall–Kier alpha value is -1.31. The van der Waals surface area contributed by atoms with Gasteiger partial charge in [0, 0.05) is 6.08 Å². The number of ether oxygens (including phenoxy) is 1. The molecule has 0 aromatic carbocycles. The molecular formula is C17H28O2. The summed E-state index contributed by atoms with van der Waals surface area (Å²) in [7, 11) is 0. The molecule has 0 aliphatic carbocycles. The van der Waals surface area contributed by atoms with E-state index in [1.807, 2.05) is 13.8 Å². The Morgan fingerprint density at radius 3 is 2.32 bits per heavy atom. The van der Waals surface area contributed by atoms with Crippen LogP contribution in [0.3, 0.4) is 0 Å². The van der Waals surface area contributed by atoms with Gasteiger partial charge in [-0.05, 0) is 59.0 Å². The van der Waals surface area contributed by atoms with Crippen LogP contribution >= 0.6 is 0 Å². The number of carbonyl (C=O) groups is 1. The molecule has 1 unspecified atom stereocenters. The number of rotatable bonds is 7. The molecule has 0 radical (unpaired) electrons. The molecule has 0 aromatic heterocycles. The Kier molecular flexibility index (Phi) is 8.94. The van der Waals surface area contributed by atoms with Crippen molar-refractivity contribution in [2.24, 2.45) is 5.92 Å². The van der Waals surface area contributed by atoms with Gasteiger partial charge in [-0.3, -0.25) is 0 Å². The van der Waals surface area contributed by atoms with E-state index in [0.29, 0.717) is 12.5 Å². The molecule has 0 heterocycles. The van der Waals surface area contributed by atoms with Crippen molar-refractivity contribution < 1.29 is 9.53 Å². The first-order chi connectivity index (χ1) is 8.85. The number of allylic oxidation sites excluding steroid dienone is 5. The van der Waals surface area contributed by atoms with E-state index in [1.54, 1.807) is 6.08 Å². The van der Waals surface area contributed by atoms with E-state index in [1.165, 1.54) is 11.1 Å². The molecule has 0 rings (SSSR count). The smallest absolute Gasteiger partial charge is 0.330 e. The third-order valence-electron chi connectivity index (χ3n) is 2.71. The average Bonchev–Trinajstić information content (AvgIpc) is 2.25. The van der Waals surface area contributed by atoms with Gasteiger partial charge in [-0.15, -0.1) is 0 Å². The lowest BCUT2D eigenvalue weighted by molar-refractivity contribution is -0.137. The van der Waals surface area contributed by atoms with Crippen molar-refractivity contribution in [3.63, 3.8) is 0 Å². The summed E-state index contributed by atoms with van der Waals surface area (Å²) in [6, 6.07) is 0. The second-order valence-electron chi connectivity index (χ2n) is 5.46. The van der Waals surface area contributed by atoms with E-state index in [-0.39, 0.29) is 5.97 Å². The van der Waals surface area contributed by atoms with Gasteiger partial charge in [-0.1, -0.05) is 30.2 Å². The molecule has 0 bridgehead atoms. The van der Waals surface area contributed by atoms with Crippen molar-refractivity contribution >= 4 is 5.97 Å². The van der Waals surface area contributed by atoms with E-state index in [2.05, 4.69) is 39.8 Å². The van der Waals surface area contributed by atoms with Gasteiger partial charge < -0.3 is 4.74 Å². The van der Waals surface area contributed by atoms with Crippen LogP contribution in [0, 0.1) is 5.92 Å². The van der Waals surface area contributed by atoms with Crippen molar-refractivity contribution in [1.29, 1.82) is 0 Å². The topological polar surface area (TPSA) is 26.3 Å². The van der Waals surface area contributed by atoms with Crippen LogP contribution in [-0.2, 0) is 9.53 Å². The van der Waals surface area contributed by atoms with Crippen molar-refractivity contribution in [1.82, 2.24) is 0 Å². The molecular weight excluding hydrogens is 236 g/mol. The molecule has 0 aromatic rings. The predicted molar refractivity (Wildman–Crippen MR) is 82.0 cm³/mol. The van der Waals surface area contributed by atoms with E-state index in [0.717, 1.165) is 18.4 Å². The zero-order valence-corrected chi connectivity index (χ0v) is 13.2. The monoisotopic (exact) mass is 264 g/mol. The highest BCUT2D eigenvalue weighted by molar-refractivity contribution is 5.83. The first-order valence-electron chi connectivity index (χ1n) is 7.00. The molecule has 0 saturated heterocycles. The summed E-state index contributed by atoms with van der Waals surface area (Å²) in [5.41, 5.74) is 3.62. The maximum atomic E-state index is 11.3. The van der Waals surface area contributed by atoms with Crippen molar-refractivity contribution in [3.05, 3.63) is 34.9 Å². The van der Waals surface area contributed by atoms with E-state index in [9.17, 15) is 4.79 Å². The van der Waals surface area contributed by atoms with Gasteiger partial charge in [0.05, 0.1) is 6.61 Å². The quantitative estimate of drug-likeness (QED) is 0.285. The summed E-state index contributed by atoms with van der Waals surface area (Å²) in [5.74, 6) is 0.364. The summed E-state index contributed by atoms with van der Waals surface area (Å²) in [6.45, 7) is 12.8. The van der Waals surface area contributed by atoms with E-state index < -0.39 is 0 Å². The molecule has 0 fully saturated rings. The first kappa shape index (κ1) is 17.7. The highest BCUT2D eigenvalue weighted by Gasteiger charge is 2.02. The van der Waals surface area contributed by atoms with Gasteiger partial charge in [0.2, 0.25) is 0 Å². The fraction of sp³-hybridized carbons (Fsp3) is 0.588. The highest BCUT2D eigenvalue weighted by atomic mass is 16.5. The van der Waals surface area contributed by atoms with E-state index in [4.69, 9.17) is 4.74 Å². The zero-order valence-electron chi connectivity index (χ0n) is 13.2. The van der Waals surface area contributed by atoms with Gasteiger partial charge >= 0.3 is 5.97 Å². The molecule has 1 atom stereocenters. The second-order valence-corrected chi connectivity index (χ2v) is 5.46. The van der Waals surface area contributed by atoms with Gasteiger partial charge in [-0.25, -0.2) is 4.79 Å². The Morgan fingerprint density at radius 1 is 1.16 bits per heavy atom. The van der Waals surface area contributed by atoms with Gasteiger partial charge in [0.1, 0.15) is 0 Å². The van der Waals surface area contributed by atoms with Crippen LogP contribution < -0.4 is 0 Å². The Bertz CT molecular complexity index is 369. The number of carbonyl (C=O) groups excluding carboxylic acids is 1. The molecule has 0 amide bonds. The third-order valence-corrected chi connectivity index (χ3v) is 2.71. The predicted octanol–water partition coefficient (Wildman–Crippen LogP) is 4.82. The van der Waals surface area contributed by atoms with Gasteiger partial charge in [-0.2, -0.15) is 0 Å². The minimum atomic E-state index is -0.262. The lowest BCUT2D eigenvalue weighted by Gasteiger charge is -2.09. The van der Waals surface area contributed by atoms with E-state index >= 15 is 0 Å². The molecule has 0 saturated carbocycles. The fourth-order valence-corrected chi connectivity index (χ4v) is 1.93. The molecule has 0 spiro atoms. The molecule has 108 valence electrons. The summed E-state index contributed by atoms with van der Waals surface area (Å²) in [6.07, 6.45) is 8.05. The minimum absolute atomic E-state index is 0.262. The standard InChI is InChI=1S/C17H28O2/c1-7-19-17(18)12-16(6)11-15(5)10-14(4)9-8-13(2)3/h8,11-12,14H,7,9-10H2,1-6H3/b15-11+,16-12+. The third kappa shape index (κ3) is 10.3. The van der Waals surface area contributed by atoms with Crippen molar-refractivity contribution in [2.75, 3.05) is 6.61 Å². The summed E-state index contributed by atoms with van der Waals surface area (Å²) < 4.78 is 4.89. The van der Waals surface area contributed by atoms with Crippen LogP contribution in [-0.4, -0.2) is 12.6 Å². The lowest BCUT2D eigenvalue weighted by Crippen LogP contribution is -2.00. The normalized spacial score (nSPS) is 14.0. The lowest BCUT2D eigenvalue weighted by atomic mass is 9.97. The SMILES string of the molecule is CCOC(=O)/C=C(C)/C=C(\C)CC(C)CC=C(C)C. The van der Waals surface area contributed by atoms with Crippen LogP contribution in [0.25, 0.3) is 0 Å². The van der Waals surface area contributed by atoms with Crippen LogP contribution in [0.15, 0.2) is 34.9 Å². The fourth-order valence-electron chi connectivity index (χ4n) is 1.93. The Balaban J connectivity index is 4.39. The average molecular weight is 264 g/mol. The summed E-state index contributed by atoms with van der Waals surface area (Å²) in [4.78, 5) is 11.3. The molecule has 2 heteroatoms. The number of hydrogen-bond acceptors (Lipinski definition) is 2. The Labute approximate surface area is 118 Å². The minimum Gasteiger partial charge on any atom is -0.463 e. The number of hydrogen-bond donors (Lipinski definition) is 0. The zero-order chi connectivity index (χ0) is 14.8. The molecule has 0 aliphatic rings. The van der Waals surface area contributed by atoms with Crippen LogP contribution in [0.1, 0.15) is 54.4 Å². The second kappa shape index (κ2) is 9.60. The highest BCUT2D eigenvalue weighted by Crippen LogP contribution is 2.17. The summed E-state index contributed by atoms with van der Waals surface area (Å²) >= 11 is 0.